The Bertz CT molecular complexity index is 1050. The number of carbonyl (C=O) groups is 1. The van der Waals surface area contributed by atoms with Gasteiger partial charge in [-0.2, -0.15) is 11.8 Å². The van der Waals surface area contributed by atoms with Crippen LogP contribution in [0.3, 0.4) is 0 Å². The molecule has 1 N–H and O–H groups in total. The molecule has 2 heterocycles. The van der Waals surface area contributed by atoms with Crippen LogP contribution in [-0.4, -0.2) is 34.6 Å². The third-order valence-electron chi connectivity index (χ3n) is 4.86. The van der Waals surface area contributed by atoms with Crippen molar-refractivity contribution in [1.82, 2.24) is 9.88 Å². The Morgan fingerprint density at radius 1 is 1.11 bits per heavy atom. The zero-order chi connectivity index (χ0) is 18.8. The van der Waals surface area contributed by atoms with Gasteiger partial charge in [0.1, 0.15) is 0 Å². The number of amides is 1. The summed E-state index contributed by atoms with van der Waals surface area (Å²) in [5.74, 6) is 0.751. The van der Waals surface area contributed by atoms with Gasteiger partial charge in [0.05, 0.1) is 5.56 Å². The van der Waals surface area contributed by atoms with Crippen molar-refractivity contribution in [3.8, 4) is 0 Å². The molecule has 1 fully saturated rings. The molecule has 0 aliphatic carbocycles. The zero-order valence-electron chi connectivity index (χ0n) is 14.7. The van der Waals surface area contributed by atoms with Crippen LogP contribution in [0, 0.1) is 0 Å². The molecule has 0 saturated carbocycles. The zero-order valence-corrected chi connectivity index (χ0v) is 16.2. The minimum absolute atomic E-state index is 0.0855. The highest BCUT2D eigenvalue weighted by molar-refractivity contribution is 7.99. The van der Waals surface area contributed by atoms with Crippen LogP contribution in [0.2, 0.25) is 5.02 Å². The molecule has 27 heavy (non-hydrogen) atoms. The number of rotatable bonds is 2. The number of thioether (sulfide) groups is 1. The van der Waals surface area contributed by atoms with Crippen molar-refractivity contribution in [1.29, 1.82) is 0 Å². The average Bonchev–Trinajstić information content (AvgIpc) is 2.93. The van der Waals surface area contributed by atoms with Gasteiger partial charge in [0.2, 0.25) is 5.56 Å². The van der Waals surface area contributed by atoms with Crippen LogP contribution >= 0.6 is 23.4 Å². The highest BCUT2D eigenvalue weighted by Crippen LogP contribution is 2.38. The van der Waals surface area contributed by atoms with E-state index in [9.17, 15) is 9.59 Å². The molecule has 1 aromatic heterocycles. The number of nitrogens with zero attached hydrogens (tertiary/aromatic N) is 1. The second-order valence-corrected chi connectivity index (χ2v) is 8.27. The van der Waals surface area contributed by atoms with Gasteiger partial charge in [0, 0.05) is 46.1 Å². The van der Waals surface area contributed by atoms with Crippen molar-refractivity contribution in [2.24, 2.45) is 0 Å². The van der Waals surface area contributed by atoms with Crippen LogP contribution in [-0.2, 0) is 0 Å². The second kappa shape index (κ2) is 7.79. The summed E-state index contributed by atoms with van der Waals surface area (Å²) in [6, 6.07) is 16.7. The number of benzene rings is 2. The van der Waals surface area contributed by atoms with E-state index in [4.69, 9.17) is 11.6 Å². The molecule has 0 bridgehead atoms. The van der Waals surface area contributed by atoms with Crippen LogP contribution in [0.1, 0.15) is 27.6 Å². The van der Waals surface area contributed by atoms with Gasteiger partial charge in [-0.3, -0.25) is 9.59 Å². The first-order valence-corrected chi connectivity index (χ1v) is 10.3. The molecule has 2 aromatic carbocycles. The summed E-state index contributed by atoms with van der Waals surface area (Å²) in [5, 5.41) is 1.82. The number of halogens is 1. The summed E-state index contributed by atoms with van der Waals surface area (Å²) in [6.07, 6.45) is 0.835. The van der Waals surface area contributed by atoms with Gasteiger partial charge >= 0.3 is 0 Å². The molecule has 1 amide bonds. The SMILES string of the molecule is O=C(c1cc(=O)[nH]c2ccccc12)N1CCSC(c2ccccc2Cl)CC1. The summed E-state index contributed by atoms with van der Waals surface area (Å²) in [4.78, 5) is 29.8. The van der Waals surface area contributed by atoms with Crippen LogP contribution in [0.15, 0.2) is 59.4 Å². The third-order valence-corrected chi connectivity index (χ3v) is 6.52. The number of aromatic nitrogens is 1. The fourth-order valence-electron chi connectivity index (χ4n) is 3.51. The highest BCUT2D eigenvalue weighted by Gasteiger charge is 2.25. The molecule has 3 aromatic rings. The number of pyridine rings is 1. The number of hydrogen-bond acceptors (Lipinski definition) is 3. The summed E-state index contributed by atoms with van der Waals surface area (Å²) < 4.78 is 0. The van der Waals surface area contributed by atoms with E-state index in [0.717, 1.165) is 28.1 Å². The first-order valence-electron chi connectivity index (χ1n) is 8.91. The number of fused-ring (bicyclic) bond motifs is 1. The van der Waals surface area contributed by atoms with Crippen molar-refractivity contribution < 1.29 is 4.79 Å². The lowest BCUT2D eigenvalue weighted by atomic mass is 10.1. The lowest BCUT2D eigenvalue weighted by Crippen LogP contribution is -2.33. The molecule has 0 spiro atoms. The number of aromatic amines is 1. The van der Waals surface area contributed by atoms with E-state index in [1.807, 2.05) is 59.1 Å². The number of hydrogen-bond donors (Lipinski definition) is 1. The monoisotopic (exact) mass is 398 g/mol. The quantitative estimate of drug-likeness (QED) is 0.691. The molecular weight excluding hydrogens is 380 g/mol. The molecule has 1 saturated heterocycles. The Kier molecular flexibility index (Phi) is 5.23. The Hall–Kier alpha value is -2.24. The van der Waals surface area contributed by atoms with E-state index in [-0.39, 0.29) is 16.7 Å². The van der Waals surface area contributed by atoms with E-state index in [1.54, 1.807) is 0 Å². The Labute approximate surface area is 166 Å². The van der Waals surface area contributed by atoms with Gasteiger partial charge in [-0.1, -0.05) is 48.0 Å². The van der Waals surface area contributed by atoms with Crippen molar-refractivity contribution in [3.63, 3.8) is 0 Å². The average molecular weight is 399 g/mol. The van der Waals surface area contributed by atoms with Gasteiger partial charge < -0.3 is 9.88 Å². The fourth-order valence-corrected chi connectivity index (χ4v) is 5.11. The first-order chi connectivity index (χ1) is 13.1. The molecular formula is C21H19ClN2O2S. The van der Waals surface area contributed by atoms with E-state index < -0.39 is 0 Å². The van der Waals surface area contributed by atoms with Crippen LogP contribution in [0.25, 0.3) is 10.9 Å². The van der Waals surface area contributed by atoms with Gasteiger partial charge in [-0.15, -0.1) is 0 Å². The standard InChI is InChI=1S/C21H19ClN2O2S/c22-17-7-3-1-6-15(17)19-9-10-24(11-12-27-19)21(26)16-13-20(25)23-18-8-4-2-5-14(16)18/h1-8,13,19H,9-12H2,(H,23,25). The predicted octanol–water partition coefficient (Wildman–Crippen LogP) is 4.50. The lowest BCUT2D eigenvalue weighted by Gasteiger charge is -2.21. The number of nitrogens with one attached hydrogen (secondary N) is 1. The molecule has 1 unspecified atom stereocenters. The minimum atomic E-state index is -0.254. The van der Waals surface area contributed by atoms with E-state index in [0.29, 0.717) is 24.2 Å². The second-order valence-electron chi connectivity index (χ2n) is 6.55. The highest BCUT2D eigenvalue weighted by atomic mass is 35.5. The predicted molar refractivity (Wildman–Crippen MR) is 112 cm³/mol. The van der Waals surface area contributed by atoms with E-state index >= 15 is 0 Å². The van der Waals surface area contributed by atoms with Crippen LogP contribution < -0.4 is 5.56 Å². The van der Waals surface area contributed by atoms with Gasteiger partial charge in [0.15, 0.2) is 0 Å². The van der Waals surface area contributed by atoms with Gasteiger partial charge in [-0.25, -0.2) is 0 Å². The molecule has 0 radical (unpaired) electrons. The minimum Gasteiger partial charge on any atom is -0.338 e. The Balaban J connectivity index is 1.59. The van der Waals surface area contributed by atoms with Crippen LogP contribution in [0.4, 0.5) is 0 Å². The van der Waals surface area contributed by atoms with Crippen molar-refractivity contribution in [2.45, 2.75) is 11.7 Å². The summed E-state index contributed by atoms with van der Waals surface area (Å²) >= 11 is 8.18. The Morgan fingerprint density at radius 3 is 2.74 bits per heavy atom. The number of H-pyrrole nitrogens is 1. The van der Waals surface area contributed by atoms with Gasteiger partial charge in [-0.05, 0) is 24.1 Å². The third kappa shape index (κ3) is 3.75. The van der Waals surface area contributed by atoms with Crippen molar-refractivity contribution >= 4 is 40.2 Å². The topological polar surface area (TPSA) is 53.2 Å². The van der Waals surface area contributed by atoms with Gasteiger partial charge in [0.25, 0.3) is 5.91 Å². The fraction of sp³-hybridized carbons (Fsp3) is 0.238. The lowest BCUT2D eigenvalue weighted by molar-refractivity contribution is 0.0768. The molecule has 4 nitrogen and oxygen atoms in total. The maximum atomic E-state index is 13.2. The number of para-hydroxylation sites is 1. The Morgan fingerprint density at radius 2 is 1.89 bits per heavy atom. The summed E-state index contributed by atoms with van der Waals surface area (Å²) in [5.41, 5.74) is 2.03. The smallest absolute Gasteiger partial charge is 0.254 e. The summed E-state index contributed by atoms with van der Waals surface area (Å²) in [7, 11) is 0. The molecule has 6 heteroatoms. The maximum absolute atomic E-state index is 13.2. The van der Waals surface area contributed by atoms with Crippen LogP contribution in [0.5, 0.6) is 0 Å². The molecule has 4 rings (SSSR count). The van der Waals surface area contributed by atoms with E-state index in [2.05, 4.69) is 11.1 Å². The van der Waals surface area contributed by atoms with Crippen molar-refractivity contribution in [3.05, 3.63) is 81.1 Å². The molecule has 1 aliphatic rings. The molecule has 1 atom stereocenters. The van der Waals surface area contributed by atoms with E-state index in [1.165, 1.54) is 6.07 Å². The molecule has 1 aliphatic heterocycles. The summed E-state index contributed by atoms with van der Waals surface area (Å²) in [6.45, 7) is 1.30. The first kappa shape index (κ1) is 18.1. The largest absolute Gasteiger partial charge is 0.338 e. The van der Waals surface area contributed by atoms with Crippen molar-refractivity contribution in [2.75, 3.05) is 18.8 Å². The maximum Gasteiger partial charge on any atom is 0.254 e. The number of carbonyl (C=O) groups excluding carboxylic acids is 1. The molecule has 138 valence electrons. The normalized spacial score (nSPS) is 17.7.